The van der Waals surface area contributed by atoms with Crippen molar-refractivity contribution in [3.05, 3.63) is 41.5 Å². The van der Waals surface area contributed by atoms with Crippen LogP contribution in [0.15, 0.2) is 24.3 Å². The molecule has 5 heteroatoms. The number of anilines is 1. The molecule has 0 spiro atoms. The number of rotatable bonds is 4. The minimum atomic E-state index is -0.412. The molecule has 1 heterocycles. The van der Waals surface area contributed by atoms with E-state index >= 15 is 0 Å². The van der Waals surface area contributed by atoms with Crippen LogP contribution in [0.25, 0.3) is 5.69 Å². The Morgan fingerprint density at radius 3 is 2.65 bits per heavy atom. The quantitative estimate of drug-likeness (QED) is 0.930. The Balaban J connectivity index is 2.26. The lowest BCUT2D eigenvalue weighted by Gasteiger charge is -2.09. The fourth-order valence-electron chi connectivity index (χ4n) is 2.08. The maximum absolute atomic E-state index is 14.1. The Morgan fingerprint density at radius 1 is 1.35 bits per heavy atom. The lowest BCUT2D eigenvalue weighted by molar-refractivity contribution is -0.116. The predicted octanol–water partition coefficient (Wildman–Crippen LogP) is 3.37. The molecule has 1 amide bonds. The normalized spacial score (nSPS) is 10.6. The maximum atomic E-state index is 14.1. The van der Waals surface area contributed by atoms with Crippen LogP contribution in [0.1, 0.15) is 31.2 Å². The molecule has 0 atom stereocenters. The van der Waals surface area contributed by atoms with Crippen LogP contribution in [-0.2, 0) is 4.79 Å². The van der Waals surface area contributed by atoms with Crippen molar-refractivity contribution in [1.29, 1.82) is 0 Å². The summed E-state index contributed by atoms with van der Waals surface area (Å²) < 4.78 is 15.7. The molecule has 0 saturated heterocycles. The Labute approximate surface area is 117 Å². The van der Waals surface area contributed by atoms with Gasteiger partial charge in [0.15, 0.2) is 5.82 Å². The van der Waals surface area contributed by atoms with E-state index in [9.17, 15) is 9.18 Å². The van der Waals surface area contributed by atoms with Gasteiger partial charge in [-0.25, -0.2) is 9.07 Å². The van der Waals surface area contributed by atoms with Crippen LogP contribution in [0, 0.1) is 19.7 Å². The van der Waals surface area contributed by atoms with Crippen molar-refractivity contribution in [2.45, 2.75) is 33.6 Å². The molecule has 106 valence electrons. The molecule has 0 fully saturated rings. The molecule has 0 radical (unpaired) electrons. The van der Waals surface area contributed by atoms with Gasteiger partial charge in [0, 0.05) is 17.8 Å². The van der Waals surface area contributed by atoms with Crippen molar-refractivity contribution in [3.63, 3.8) is 0 Å². The van der Waals surface area contributed by atoms with Gasteiger partial charge in [-0.1, -0.05) is 6.92 Å². The number of carbonyl (C=O) groups is 1. The highest BCUT2D eigenvalue weighted by Crippen LogP contribution is 2.20. The molecule has 0 aliphatic heterocycles. The van der Waals surface area contributed by atoms with Gasteiger partial charge in [0.05, 0.1) is 5.69 Å². The van der Waals surface area contributed by atoms with Crippen molar-refractivity contribution in [2.75, 3.05) is 5.32 Å². The zero-order valence-electron chi connectivity index (χ0n) is 11.9. The van der Waals surface area contributed by atoms with Crippen molar-refractivity contribution in [1.82, 2.24) is 9.78 Å². The summed E-state index contributed by atoms with van der Waals surface area (Å²) in [5.41, 5.74) is 2.54. The highest BCUT2D eigenvalue weighted by molar-refractivity contribution is 5.90. The lowest BCUT2D eigenvalue weighted by Crippen LogP contribution is -2.11. The van der Waals surface area contributed by atoms with Gasteiger partial charge in [0.1, 0.15) is 5.69 Å². The minimum Gasteiger partial charge on any atom is -0.326 e. The molecule has 0 aliphatic rings. The van der Waals surface area contributed by atoms with Gasteiger partial charge in [-0.05, 0) is 44.5 Å². The average molecular weight is 275 g/mol. The molecule has 0 saturated carbocycles. The Morgan fingerprint density at radius 2 is 2.10 bits per heavy atom. The number of halogens is 1. The van der Waals surface area contributed by atoms with Gasteiger partial charge in [-0.3, -0.25) is 4.79 Å². The highest BCUT2D eigenvalue weighted by atomic mass is 19.1. The van der Waals surface area contributed by atoms with Crippen molar-refractivity contribution in [3.8, 4) is 5.69 Å². The molecule has 1 aromatic carbocycles. The summed E-state index contributed by atoms with van der Waals surface area (Å²) >= 11 is 0. The summed E-state index contributed by atoms with van der Waals surface area (Å²) in [5, 5.41) is 6.92. The van der Waals surface area contributed by atoms with Gasteiger partial charge in [0.25, 0.3) is 0 Å². The summed E-state index contributed by atoms with van der Waals surface area (Å²) in [6.45, 7) is 5.66. The lowest BCUT2D eigenvalue weighted by atomic mass is 10.2. The summed E-state index contributed by atoms with van der Waals surface area (Å²) in [5.74, 6) is -0.517. The molecule has 0 aliphatic carbocycles. The zero-order chi connectivity index (χ0) is 14.7. The predicted molar refractivity (Wildman–Crippen MR) is 76.5 cm³/mol. The van der Waals surface area contributed by atoms with Crippen molar-refractivity contribution < 1.29 is 9.18 Å². The van der Waals surface area contributed by atoms with E-state index in [1.165, 1.54) is 6.07 Å². The topological polar surface area (TPSA) is 46.9 Å². The third kappa shape index (κ3) is 3.04. The summed E-state index contributed by atoms with van der Waals surface area (Å²) in [4.78, 5) is 11.5. The van der Waals surface area contributed by atoms with Crippen LogP contribution in [-0.4, -0.2) is 15.7 Å². The molecule has 2 aromatic rings. The first-order valence-corrected chi connectivity index (χ1v) is 6.64. The first-order valence-electron chi connectivity index (χ1n) is 6.64. The molecule has 1 N–H and O–H groups in total. The van der Waals surface area contributed by atoms with E-state index < -0.39 is 5.82 Å². The second-order valence-corrected chi connectivity index (χ2v) is 4.80. The van der Waals surface area contributed by atoms with Crippen LogP contribution in [0.2, 0.25) is 0 Å². The van der Waals surface area contributed by atoms with Crippen LogP contribution < -0.4 is 5.32 Å². The smallest absolute Gasteiger partial charge is 0.224 e. The fraction of sp³-hybridized carbons (Fsp3) is 0.333. The van der Waals surface area contributed by atoms with E-state index in [0.717, 1.165) is 17.8 Å². The Kier molecular flexibility index (Phi) is 4.17. The second kappa shape index (κ2) is 5.86. The van der Waals surface area contributed by atoms with E-state index in [2.05, 4.69) is 10.4 Å². The number of aryl methyl sites for hydroxylation is 2. The zero-order valence-corrected chi connectivity index (χ0v) is 11.9. The summed E-state index contributed by atoms with van der Waals surface area (Å²) in [6, 6.07) is 6.51. The molecule has 0 unspecified atom stereocenters. The third-order valence-corrected chi connectivity index (χ3v) is 2.95. The molecule has 4 nitrogen and oxygen atoms in total. The Hall–Kier alpha value is -2.17. The number of hydrogen-bond donors (Lipinski definition) is 1. The van der Waals surface area contributed by atoms with Crippen molar-refractivity contribution >= 4 is 11.6 Å². The van der Waals surface area contributed by atoms with Crippen LogP contribution in [0.3, 0.4) is 0 Å². The SMILES string of the molecule is CCCC(=O)Nc1ccc(-n2nc(C)cc2C)c(F)c1. The molecular weight excluding hydrogens is 257 g/mol. The second-order valence-electron chi connectivity index (χ2n) is 4.80. The number of nitrogens with zero attached hydrogens (tertiary/aromatic N) is 2. The minimum absolute atomic E-state index is 0.106. The first-order chi connectivity index (χ1) is 9.51. The number of benzene rings is 1. The summed E-state index contributed by atoms with van der Waals surface area (Å²) in [6.07, 6.45) is 1.19. The van der Waals surface area contributed by atoms with Crippen LogP contribution >= 0.6 is 0 Å². The first kappa shape index (κ1) is 14.2. The monoisotopic (exact) mass is 275 g/mol. The number of amides is 1. The highest BCUT2D eigenvalue weighted by Gasteiger charge is 2.10. The average Bonchev–Trinajstić information content (AvgIpc) is 2.69. The van der Waals surface area contributed by atoms with Crippen LogP contribution in [0.5, 0.6) is 0 Å². The van der Waals surface area contributed by atoms with Gasteiger partial charge in [-0.15, -0.1) is 0 Å². The van der Waals surface area contributed by atoms with E-state index in [-0.39, 0.29) is 5.91 Å². The van der Waals surface area contributed by atoms with Gasteiger partial charge < -0.3 is 5.32 Å². The van der Waals surface area contributed by atoms with E-state index in [1.54, 1.807) is 16.8 Å². The molecular formula is C15H18FN3O. The third-order valence-electron chi connectivity index (χ3n) is 2.95. The van der Waals surface area contributed by atoms with Crippen molar-refractivity contribution in [2.24, 2.45) is 0 Å². The molecule has 20 heavy (non-hydrogen) atoms. The van der Waals surface area contributed by atoms with Crippen LogP contribution in [0.4, 0.5) is 10.1 Å². The summed E-state index contributed by atoms with van der Waals surface area (Å²) in [7, 11) is 0. The van der Waals surface area contributed by atoms with E-state index in [1.807, 2.05) is 26.8 Å². The van der Waals surface area contributed by atoms with Gasteiger partial charge in [0.2, 0.25) is 5.91 Å². The molecule has 2 rings (SSSR count). The standard InChI is InChI=1S/C15H18FN3O/c1-4-5-15(20)17-12-6-7-14(13(16)9-12)19-11(3)8-10(2)18-19/h6-9H,4-5H2,1-3H3,(H,17,20). The number of hydrogen-bond acceptors (Lipinski definition) is 2. The fourth-order valence-corrected chi connectivity index (χ4v) is 2.08. The maximum Gasteiger partial charge on any atom is 0.224 e. The molecule has 1 aromatic heterocycles. The van der Waals surface area contributed by atoms with E-state index in [4.69, 9.17) is 0 Å². The van der Waals surface area contributed by atoms with Gasteiger partial charge in [-0.2, -0.15) is 5.10 Å². The Bertz CT molecular complexity index is 634. The molecule has 0 bridgehead atoms. The number of nitrogens with one attached hydrogen (secondary N) is 1. The van der Waals surface area contributed by atoms with E-state index in [0.29, 0.717) is 17.8 Å². The number of aromatic nitrogens is 2. The van der Waals surface area contributed by atoms with Gasteiger partial charge >= 0.3 is 0 Å². The largest absolute Gasteiger partial charge is 0.326 e. The number of carbonyl (C=O) groups excluding carboxylic acids is 1.